The molecule has 0 bridgehead atoms. The molecule has 7 nitrogen and oxygen atoms in total. The van der Waals surface area contributed by atoms with E-state index in [0.29, 0.717) is 18.0 Å². The first-order chi connectivity index (χ1) is 19.1. The Morgan fingerprint density at radius 3 is 2.35 bits per heavy atom. The van der Waals surface area contributed by atoms with E-state index >= 15 is 0 Å². The van der Waals surface area contributed by atoms with Gasteiger partial charge in [0, 0.05) is 11.6 Å². The Labute approximate surface area is 241 Å². The number of carbonyl (C=O) groups is 3. The van der Waals surface area contributed by atoms with Gasteiger partial charge in [-0.05, 0) is 75.1 Å². The highest BCUT2D eigenvalue weighted by atomic mass is 35.5. The van der Waals surface area contributed by atoms with E-state index in [2.05, 4.69) is 0 Å². The lowest BCUT2D eigenvalue weighted by Crippen LogP contribution is -2.54. The van der Waals surface area contributed by atoms with Gasteiger partial charge in [-0.15, -0.1) is 0 Å². The van der Waals surface area contributed by atoms with E-state index in [1.807, 2.05) is 63.2 Å². The molecule has 2 aliphatic heterocycles. The maximum absolute atomic E-state index is 14.7. The molecule has 3 aliphatic rings. The first kappa shape index (κ1) is 28.5. The van der Waals surface area contributed by atoms with Gasteiger partial charge in [-0.25, -0.2) is 14.5 Å². The van der Waals surface area contributed by atoms with Crippen molar-refractivity contribution in [2.24, 2.45) is 5.41 Å². The van der Waals surface area contributed by atoms with Gasteiger partial charge < -0.3 is 14.4 Å². The number of hydrogen-bond donors (Lipinski definition) is 0. The minimum atomic E-state index is -0.769. The summed E-state index contributed by atoms with van der Waals surface area (Å²) in [5.41, 5.74) is 0.835. The van der Waals surface area contributed by atoms with Crippen LogP contribution in [-0.2, 0) is 20.7 Å². The first-order valence-corrected chi connectivity index (χ1v) is 14.7. The molecule has 0 N–H and O–H groups in total. The number of benzene rings is 2. The van der Waals surface area contributed by atoms with E-state index in [-0.39, 0.29) is 17.9 Å². The van der Waals surface area contributed by atoms with Crippen molar-refractivity contribution in [2.45, 2.75) is 89.3 Å². The van der Waals surface area contributed by atoms with Crippen LogP contribution in [0.5, 0.6) is 0 Å². The highest BCUT2D eigenvalue weighted by Gasteiger charge is 2.57. The van der Waals surface area contributed by atoms with E-state index in [4.69, 9.17) is 21.1 Å². The quantitative estimate of drug-likeness (QED) is 0.390. The number of rotatable bonds is 5. The van der Waals surface area contributed by atoms with E-state index in [0.717, 1.165) is 49.7 Å². The van der Waals surface area contributed by atoms with Crippen molar-refractivity contribution in [1.29, 1.82) is 0 Å². The van der Waals surface area contributed by atoms with Gasteiger partial charge in [-0.1, -0.05) is 73.3 Å². The summed E-state index contributed by atoms with van der Waals surface area (Å²) in [6.45, 7) is 6.20. The molecule has 1 saturated carbocycles. The van der Waals surface area contributed by atoms with Gasteiger partial charge in [0.1, 0.15) is 12.2 Å². The summed E-state index contributed by atoms with van der Waals surface area (Å²) in [7, 11) is 0. The SMILES string of the molecule is CC(C)(C)OC(=O)N1CCC2(CCCCC2)[C@H]1[C@@H](C(=O)N1C(=O)OC[C@H]1Cc1ccccc1)c1ccc(Cl)cc1. The topological polar surface area (TPSA) is 76.2 Å². The Balaban J connectivity index is 1.58. The minimum Gasteiger partial charge on any atom is -0.447 e. The van der Waals surface area contributed by atoms with Crippen molar-refractivity contribution >= 4 is 29.7 Å². The van der Waals surface area contributed by atoms with Crippen LogP contribution in [0.15, 0.2) is 54.6 Å². The zero-order chi connectivity index (χ0) is 28.5. The predicted octanol–water partition coefficient (Wildman–Crippen LogP) is 6.97. The number of ether oxygens (including phenoxy) is 2. The fourth-order valence-corrected chi connectivity index (χ4v) is 6.99. The molecule has 3 atom stereocenters. The van der Waals surface area contributed by atoms with Crippen molar-refractivity contribution in [1.82, 2.24) is 9.80 Å². The van der Waals surface area contributed by atoms with Crippen LogP contribution in [0.4, 0.5) is 9.59 Å². The maximum atomic E-state index is 14.7. The summed E-state index contributed by atoms with van der Waals surface area (Å²) < 4.78 is 11.3. The summed E-state index contributed by atoms with van der Waals surface area (Å²) in [6.07, 6.45) is 5.31. The number of carbonyl (C=O) groups excluding carboxylic acids is 3. The van der Waals surface area contributed by atoms with Crippen LogP contribution in [-0.4, -0.2) is 58.7 Å². The van der Waals surface area contributed by atoms with E-state index in [1.165, 1.54) is 4.90 Å². The zero-order valence-corrected chi connectivity index (χ0v) is 24.4. The molecule has 2 saturated heterocycles. The van der Waals surface area contributed by atoms with Crippen molar-refractivity contribution in [3.63, 3.8) is 0 Å². The molecule has 2 aromatic carbocycles. The number of halogens is 1. The van der Waals surface area contributed by atoms with Crippen LogP contribution in [0.3, 0.4) is 0 Å². The summed E-state index contributed by atoms with van der Waals surface area (Å²) >= 11 is 6.26. The fraction of sp³-hybridized carbons (Fsp3) is 0.531. The van der Waals surface area contributed by atoms with Crippen LogP contribution in [0.2, 0.25) is 5.02 Å². The Bertz CT molecular complexity index is 1220. The minimum absolute atomic E-state index is 0.137. The Morgan fingerprint density at radius 1 is 1.02 bits per heavy atom. The molecule has 214 valence electrons. The molecule has 5 rings (SSSR count). The summed E-state index contributed by atoms with van der Waals surface area (Å²) in [5.74, 6) is -1.11. The first-order valence-electron chi connectivity index (χ1n) is 14.4. The van der Waals surface area contributed by atoms with E-state index < -0.39 is 35.8 Å². The molecule has 0 radical (unpaired) electrons. The number of imide groups is 1. The zero-order valence-electron chi connectivity index (χ0n) is 23.6. The third-order valence-corrected chi connectivity index (χ3v) is 8.87. The molecule has 40 heavy (non-hydrogen) atoms. The molecule has 1 aliphatic carbocycles. The lowest BCUT2D eigenvalue weighted by atomic mass is 9.64. The number of hydrogen-bond acceptors (Lipinski definition) is 5. The molecular weight excluding hydrogens is 528 g/mol. The molecule has 0 unspecified atom stereocenters. The van der Waals surface area contributed by atoms with Crippen LogP contribution >= 0.6 is 11.6 Å². The van der Waals surface area contributed by atoms with E-state index in [9.17, 15) is 14.4 Å². The molecule has 2 aromatic rings. The fourth-order valence-electron chi connectivity index (χ4n) is 6.87. The Morgan fingerprint density at radius 2 is 1.70 bits per heavy atom. The van der Waals surface area contributed by atoms with Crippen molar-refractivity contribution in [3.8, 4) is 0 Å². The van der Waals surface area contributed by atoms with Gasteiger partial charge in [0.25, 0.3) is 0 Å². The number of cyclic esters (lactones) is 1. The van der Waals surface area contributed by atoms with Crippen LogP contribution in [0, 0.1) is 5.41 Å². The summed E-state index contributed by atoms with van der Waals surface area (Å²) in [5, 5.41) is 0.556. The second-order valence-corrected chi connectivity index (χ2v) is 12.9. The largest absolute Gasteiger partial charge is 0.447 e. The monoisotopic (exact) mass is 566 g/mol. The molecule has 2 heterocycles. The van der Waals surface area contributed by atoms with Gasteiger partial charge in [0.2, 0.25) is 5.91 Å². The third kappa shape index (κ3) is 5.85. The van der Waals surface area contributed by atoms with Crippen LogP contribution < -0.4 is 0 Å². The van der Waals surface area contributed by atoms with Crippen molar-refractivity contribution < 1.29 is 23.9 Å². The summed E-state index contributed by atoms with van der Waals surface area (Å²) in [6, 6.07) is 16.1. The van der Waals surface area contributed by atoms with Gasteiger partial charge in [0.15, 0.2) is 0 Å². The maximum Gasteiger partial charge on any atom is 0.417 e. The van der Waals surface area contributed by atoms with Crippen molar-refractivity contribution in [3.05, 3.63) is 70.7 Å². The normalized spacial score (nSPS) is 23.2. The predicted molar refractivity (Wildman–Crippen MR) is 153 cm³/mol. The lowest BCUT2D eigenvalue weighted by molar-refractivity contribution is -0.133. The molecule has 8 heteroatoms. The summed E-state index contributed by atoms with van der Waals surface area (Å²) in [4.78, 5) is 44.6. The number of likely N-dealkylation sites (tertiary alicyclic amines) is 1. The average molecular weight is 567 g/mol. The second-order valence-electron chi connectivity index (χ2n) is 12.4. The Hall–Kier alpha value is -3.06. The van der Waals surface area contributed by atoms with Crippen LogP contribution in [0.25, 0.3) is 0 Å². The third-order valence-electron chi connectivity index (χ3n) is 8.61. The highest BCUT2D eigenvalue weighted by Crippen LogP contribution is 2.53. The van der Waals surface area contributed by atoms with E-state index in [1.54, 1.807) is 17.0 Å². The van der Waals surface area contributed by atoms with Gasteiger partial charge in [-0.2, -0.15) is 0 Å². The molecule has 1 spiro atoms. The standard InChI is InChI=1S/C32H39ClN2O5/c1-31(2,3)40-29(37)34-19-18-32(16-8-5-9-17-32)27(34)26(23-12-14-24(33)15-13-23)28(36)35-25(21-39-30(35)38)20-22-10-6-4-7-11-22/h4,6-7,10-15,25-27H,5,8-9,16-21H2,1-3H3/t25-,26+,27-/m1/s1. The number of amides is 3. The molecule has 3 amide bonds. The van der Waals surface area contributed by atoms with Crippen molar-refractivity contribution in [2.75, 3.05) is 13.2 Å². The van der Waals surface area contributed by atoms with Gasteiger partial charge in [0.05, 0.1) is 18.0 Å². The van der Waals surface area contributed by atoms with Gasteiger partial charge >= 0.3 is 12.2 Å². The highest BCUT2D eigenvalue weighted by molar-refractivity contribution is 6.30. The molecule has 0 aromatic heterocycles. The smallest absolute Gasteiger partial charge is 0.417 e. The lowest BCUT2D eigenvalue weighted by Gasteiger charge is -2.45. The Kier molecular flexibility index (Phi) is 8.14. The average Bonchev–Trinajstić information content (AvgIpc) is 3.45. The number of nitrogens with zero attached hydrogens (tertiary/aromatic N) is 2. The van der Waals surface area contributed by atoms with Crippen LogP contribution in [0.1, 0.15) is 76.3 Å². The second kappa shape index (κ2) is 11.4. The van der Waals surface area contributed by atoms with Gasteiger partial charge in [-0.3, -0.25) is 4.79 Å². The molecule has 3 fully saturated rings. The molecular formula is C32H39ClN2O5.